The van der Waals surface area contributed by atoms with Crippen LogP contribution >= 0.6 is 0 Å². The van der Waals surface area contributed by atoms with Gasteiger partial charge in [-0.3, -0.25) is 5.32 Å². The van der Waals surface area contributed by atoms with Gasteiger partial charge in [0.15, 0.2) is 0 Å². The van der Waals surface area contributed by atoms with Crippen LogP contribution in [0.1, 0.15) is 12.0 Å². The van der Waals surface area contributed by atoms with Crippen molar-refractivity contribution in [3.05, 3.63) is 35.9 Å². The first-order valence-electron chi connectivity index (χ1n) is 5.94. The molecule has 3 heteroatoms. The van der Waals surface area contributed by atoms with Crippen LogP contribution in [-0.4, -0.2) is 31.6 Å². The number of benzene rings is 1. The largest absolute Gasteiger partial charge is 0.371 e. The van der Waals surface area contributed by atoms with Crippen molar-refractivity contribution < 1.29 is 9.47 Å². The SMILES string of the molecule is c1ccc(CC2OCCOC23CCN3)cc1. The summed E-state index contributed by atoms with van der Waals surface area (Å²) in [6.45, 7) is 2.45. The van der Waals surface area contributed by atoms with Crippen molar-refractivity contribution in [2.75, 3.05) is 19.8 Å². The fourth-order valence-corrected chi connectivity index (χ4v) is 2.46. The molecule has 0 aliphatic carbocycles. The highest BCUT2D eigenvalue weighted by Gasteiger charge is 2.47. The van der Waals surface area contributed by atoms with E-state index in [0.29, 0.717) is 13.2 Å². The average molecular weight is 219 g/mol. The van der Waals surface area contributed by atoms with E-state index < -0.39 is 0 Å². The van der Waals surface area contributed by atoms with Gasteiger partial charge in [-0.1, -0.05) is 30.3 Å². The molecule has 2 aliphatic heterocycles. The molecule has 2 atom stereocenters. The Morgan fingerprint density at radius 3 is 2.75 bits per heavy atom. The summed E-state index contributed by atoms with van der Waals surface area (Å²) >= 11 is 0. The fourth-order valence-electron chi connectivity index (χ4n) is 2.46. The van der Waals surface area contributed by atoms with Crippen molar-refractivity contribution in [2.45, 2.75) is 24.7 Å². The van der Waals surface area contributed by atoms with Gasteiger partial charge in [0, 0.05) is 19.4 Å². The van der Waals surface area contributed by atoms with Gasteiger partial charge in [0.05, 0.1) is 13.2 Å². The smallest absolute Gasteiger partial charge is 0.147 e. The Bertz CT molecular complexity index is 348. The molecule has 0 saturated carbocycles. The van der Waals surface area contributed by atoms with Gasteiger partial charge >= 0.3 is 0 Å². The third-order valence-electron chi connectivity index (χ3n) is 3.47. The van der Waals surface area contributed by atoms with Crippen molar-refractivity contribution in [1.29, 1.82) is 0 Å². The molecule has 0 bridgehead atoms. The van der Waals surface area contributed by atoms with E-state index in [1.165, 1.54) is 5.56 Å². The zero-order valence-electron chi connectivity index (χ0n) is 9.32. The molecule has 1 aromatic rings. The molecule has 3 nitrogen and oxygen atoms in total. The zero-order valence-corrected chi connectivity index (χ0v) is 9.32. The van der Waals surface area contributed by atoms with E-state index in [2.05, 4.69) is 29.6 Å². The highest BCUT2D eigenvalue weighted by Crippen LogP contribution is 2.31. The lowest BCUT2D eigenvalue weighted by Gasteiger charge is -2.50. The molecule has 0 radical (unpaired) electrons. The van der Waals surface area contributed by atoms with Gasteiger partial charge < -0.3 is 9.47 Å². The standard InChI is InChI=1S/C13H17NO2/c1-2-4-11(5-3-1)10-12-13(6-7-14-13)16-9-8-15-12/h1-5,12,14H,6-10H2. The van der Waals surface area contributed by atoms with Crippen LogP contribution in [0.5, 0.6) is 0 Å². The van der Waals surface area contributed by atoms with E-state index in [-0.39, 0.29) is 11.8 Å². The Morgan fingerprint density at radius 2 is 2.06 bits per heavy atom. The van der Waals surface area contributed by atoms with Gasteiger partial charge in [-0.05, 0) is 5.56 Å². The van der Waals surface area contributed by atoms with Crippen LogP contribution in [0.2, 0.25) is 0 Å². The summed E-state index contributed by atoms with van der Waals surface area (Å²) in [5.41, 5.74) is 1.11. The van der Waals surface area contributed by atoms with E-state index in [9.17, 15) is 0 Å². The normalized spacial score (nSPS) is 33.6. The minimum Gasteiger partial charge on any atom is -0.371 e. The Labute approximate surface area is 95.8 Å². The average Bonchev–Trinajstić information content (AvgIpc) is 2.29. The quantitative estimate of drug-likeness (QED) is 0.814. The monoisotopic (exact) mass is 219 g/mol. The first kappa shape index (κ1) is 10.3. The minimum atomic E-state index is -0.200. The molecular weight excluding hydrogens is 202 g/mol. The lowest BCUT2D eigenvalue weighted by molar-refractivity contribution is -0.245. The van der Waals surface area contributed by atoms with Crippen molar-refractivity contribution >= 4 is 0 Å². The summed E-state index contributed by atoms with van der Waals surface area (Å²) in [6.07, 6.45) is 2.13. The second-order valence-electron chi connectivity index (χ2n) is 4.46. The Kier molecular flexibility index (Phi) is 2.67. The lowest BCUT2D eigenvalue weighted by Crippen LogP contribution is -2.69. The number of rotatable bonds is 2. The van der Waals surface area contributed by atoms with Crippen LogP contribution < -0.4 is 5.32 Å². The lowest BCUT2D eigenvalue weighted by atomic mass is 9.90. The van der Waals surface area contributed by atoms with Gasteiger partial charge in [-0.25, -0.2) is 0 Å². The van der Waals surface area contributed by atoms with Crippen LogP contribution in [0.15, 0.2) is 30.3 Å². The molecule has 2 fully saturated rings. The van der Waals surface area contributed by atoms with Gasteiger partial charge in [0.25, 0.3) is 0 Å². The highest BCUT2D eigenvalue weighted by molar-refractivity contribution is 5.17. The second-order valence-corrected chi connectivity index (χ2v) is 4.46. The molecule has 86 valence electrons. The van der Waals surface area contributed by atoms with Gasteiger partial charge in [-0.15, -0.1) is 0 Å². The predicted molar refractivity (Wildman–Crippen MR) is 61.2 cm³/mol. The second kappa shape index (κ2) is 4.17. The molecule has 1 aromatic carbocycles. The summed E-state index contributed by atoms with van der Waals surface area (Å²) in [5.74, 6) is 0. The predicted octanol–water partition coefficient (Wildman–Crippen LogP) is 1.33. The number of hydrogen-bond acceptors (Lipinski definition) is 3. The minimum absolute atomic E-state index is 0.150. The molecule has 3 rings (SSSR count). The molecule has 1 N–H and O–H groups in total. The maximum absolute atomic E-state index is 5.85. The van der Waals surface area contributed by atoms with Crippen LogP contribution in [-0.2, 0) is 15.9 Å². The van der Waals surface area contributed by atoms with E-state index in [0.717, 1.165) is 19.4 Å². The van der Waals surface area contributed by atoms with Gasteiger partial charge in [0.1, 0.15) is 11.8 Å². The molecule has 2 heterocycles. The first-order chi connectivity index (χ1) is 7.89. The summed E-state index contributed by atoms with van der Waals surface area (Å²) in [5, 5.41) is 3.38. The van der Waals surface area contributed by atoms with Crippen molar-refractivity contribution in [3.63, 3.8) is 0 Å². The number of ether oxygens (including phenoxy) is 2. The van der Waals surface area contributed by atoms with Crippen molar-refractivity contribution in [3.8, 4) is 0 Å². The topological polar surface area (TPSA) is 30.5 Å². The molecule has 2 aliphatic rings. The Morgan fingerprint density at radius 1 is 1.25 bits per heavy atom. The first-order valence-corrected chi connectivity index (χ1v) is 5.94. The van der Waals surface area contributed by atoms with Crippen LogP contribution in [0, 0.1) is 0 Å². The summed E-state index contributed by atoms with van der Waals surface area (Å²) in [6, 6.07) is 10.5. The number of hydrogen-bond donors (Lipinski definition) is 1. The molecule has 0 aromatic heterocycles. The number of nitrogens with one attached hydrogen (secondary N) is 1. The van der Waals surface area contributed by atoms with E-state index >= 15 is 0 Å². The maximum atomic E-state index is 5.85. The molecule has 16 heavy (non-hydrogen) atoms. The zero-order chi connectivity index (χ0) is 10.8. The third kappa shape index (κ3) is 1.75. The summed E-state index contributed by atoms with van der Waals surface area (Å²) < 4.78 is 11.7. The maximum Gasteiger partial charge on any atom is 0.147 e. The van der Waals surface area contributed by atoms with E-state index in [1.807, 2.05) is 6.07 Å². The molecule has 2 unspecified atom stereocenters. The van der Waals surface area contributed by atoms with E-state index in [1.54, 1.807) is 0 Å². The van der Waals surface area contributed by atoms with Crippen LogP contribution in [0.25, 0.3) is 0 Å². The molecule has 0 amide bonds. The van der Waals surface area contributed by atoms with Gasteiger partial charge in [0.2, 0.25) is 0 Å². The van der Waals surface area contributed by atoms with E-state index in [4.69, 9.17) is 9.47 Å². The molecule has 1 spiro atoms. The molecule has 2 saturated heterocycles. The van der Waals surface area contributed by atoms with Crippen molar-refractivity contribution in [1.82, 2.24) is 5.32 Å². The van der Waals surface area contributed by atoms with Crippen LogP contribution in [0.4, 0.5) is 0 Å². The summed E-state index contributed by atoms with van der Waals surface area (Å²) in [7, 11) is 0. The summed E-state index contributed by atoms with van der Waals surface area (Å²) in [4.78, 5) is 0. The fraction of sp³-hybridized carbons (Fsp3) is 0.538. The third-order valence-corrected chi connectivity index (χ3v) is 3.47. The Hall–Kier alpha value is -0.900. The highest BCUT2D eigenvalue weighted by atomic mass is 16.6. The van der Waals surface area contributed by atoms with Crippen molar-refractivity contribution in [2.24, 2.45) is 0 Å². The van der Waals surface area contributed by atoms with Gasteiger partial charge in [-0.2, -0.15) is 0 Å². The molecular formula is C13H17NO2. The Balaban J connectivity index is 1.73. The van der Waals surface area contributed by atoms with Crippen LogP contribution in [0.3, 0.4) is 0 Å².